The molecule has 0 spiro atoms. The third-order valence-electron chi connectivity index (χ3n) is 3.03. The second kappa shape index (κ2) is 6.68. The third-order valence-corrected chi connectivity index (χ3v) is 4.87. The van der Waals surface area contributed by atoms with Crippen molar-refractivity contribution in [3.8, 4) is 0 Å². The molecule has 8 heteroatoms. The fraction of sp³-hybridized carbons (Fsp3) is 0.385. The van der Waals surface area contributed by atoms with Gasteiger partial charge in [0, 0.05) is 26.6 Å². The maximum absolute atomic E-state index is 12.3. The number of benzene rings is 1. The molecule has 1 rings (SSSR count). The van der Waals surface area contributed by atoms with Gasteiger partial charge in [0.2, 0.25) is 15.9 Å². The highest BCUT2D eigenvalue weighted by Crippen LogP contribution is 2.16. The van der Waals surface area contributed by atoms with E-state index in [1.165, 1.54) is 38.4 Å². The molecule has 0 aliphatic heterocycles. The number of carboxylic acids is 1. The average Bonchev–Trinajstić information content (AvgIpc) is 2.46. The first kappa shape index (κ1) is 17.1. The van der Waals surface area contributed by atoms with E-state index >= 15 is 0 Å². The Labute approximate surface area is 123 Å². The number of hydrogen-bond donors (Lipinski definition) is 2. The summed E-state index contributed by atoms with van der Waals surface area (Å²) in [5, 5.41) is 11.2. The molecule has 0 saturated heterocycles. The molecule has 1 aromatic rings. The maximum Gasteiger partial charge on any atom is 0.335 e. The van der Waals surface area contributed by atoms with Crippen LogP contribution in [0.3, 0.4) is 0 Å². The molecule has 2 N–H and O–H groups in total. The van der Waals surface area contributed by atoms with Gasteiger partial charge < -0.3 is 10.4 Å². The van der Waals surface area contributed by atoms with E-state index in [0.717, 1.165) is 4.31 Å². The lowest BCUT2D eigenvalue weighted by atomic mass is 10.2. The molecule has 0 heterocycles. The van der Waals surface area contributed by atoms with Crippen molar-refractivity contribution in [2.24, 2.45) is 5.92 Å². The fourth-order valence-electron chi connectivity index (χ4n) is 1.76. The number of aromatic carboxylic acids is 1. The fourth-order valence-corrected chi connectivity index (χ4v) is 3.02. The second-order valence-electron chi connectivity index (χ2n) is 4.63. The molecule has 1 unspecified atom stereocenters. The zero-order chi connectivity index (χ0) is 16.2. The van der Waals surface area contributed by atoms with E-state index in [1.807, 2.05) is 0 Å². The summed E-state index contributed by atoms with van der Waals surface area (Å²) in [7, 11) is -0.899. The minimum Gasteiger partial charge on any atom is -0.478 e. The highest BCUT2D eigenvalue weighted by atomic mass is 32.2. The number of carbonyl (C=O) groups excluding carboxylic acids is 1. The topological polar surface area (TPSA) is 104 Å². The number of nitrogens with one attached hydrogen (secondary N) is 1. The van der Waals surface area contributed by atoms with Crippen molar-refractivity contribution in [3.63, 3.8) is 0 Å². The van der Waals surface area contributed by atoms with Gasteiger partial charge in [0.15, 0.2) is 0 Å². The van der Waals surface area contributed by atoms with Crippen molar-refractivity contribution >= 4 is 21.9 Å². The van der Waals surface area contributed by atoms with Gasteiger partial charge in [-0.3, -0.25) is 4.79 Å². The molecular formula is C13H18N2O5S. The molecule has 0 aliphatic carbocycles. The van der Waals surface area contributed by atoms with E-state index in [0.29, 0.717) is 0 Å². The number of carboxylic acid groups (broad SMARTS) is 1. The number of hydrogen-bond acceptors (Lipinski definition) is 4. The summed E-state index contributed by atoms with van der Waals surface area (Å²) < 4.78 is 25.7. The molecule has 0 fully saturated rings. The highest BCUT2D eigenvalue weighted by Gasteiger charge is 2.24. The van der Waals surface area contributed by atoms with Crippen LogP contribution in [0.5, 0.6) is 0 Å². The first-order valence-electron chi connectivity index (χ1n) is 6.21. The van der Waals surface area contributed by atoms with Gasteiger partial charge in [-0.25, -0.2) is 17.5 Å². The monoisotopic (exact) mass is 314 g/mol. The van der Waals surface area contributed by atoms with E-state index in [9.17, 15) is 18.0 Å². The molecule has 7 nitrogen and oxygen atoms in total. The Morgan fingerprint density at radius 1 is 1.29 bits per heavy atom. The van der Waals surface area contributed by atoms with E-state index in [4.69, 9.17) is 5.11 Å². The largest absolute Gasteiger partial charge is 0.478 e. The zero-order valence-electron chi connectivity index (χ0n) is 12.0. The van der Waals surface area contributed by atoms with E-state index in [2.05, 4.69) is 5.32 Å². The number of rotatable bonds is 6. The average molecular weight is 314 g/mol. The minimum atomic E-state index is -3.76. The lowest BCUT2D eigenvalue weighted by molar-refractivity contribution is -0.124. The first-order valence-corrected chi connectivity index (χ1v) is 7.65. The van der Waals surface area contributed by atoms with Crippen LogP contribution in [0.25, 0.3) is 0 Å². The standard InChI is InChI=1S/C13H18N2O5S/c1-9(12(16)14-2)8-15(3)21(19,20)11-6-4-10(5-7-11)13(17)18/h4-7,9H,8H2,1-3H3,(H,14,16)(H,17,18). The van der Waals surface area contributed by atoms with Crippen LogP contribution in [0, 0.1) is 5.92 Å². The van der Waals surface area contributed by atoms with Crippen molar-refractivity contribution < 1.29 is 23.1 Å². The Balaban J connectivity index is 2.94. The van der Waals surface area contributed by atoms with Crippen LogP contribution < -0.4 is 5.32 Å². The molecule has 1 atom stereocenters. The summed E-state index contributed by atoms with van der Waals surface area (Å²) in [5.74, 6) is -1.87. The molecule has 0 saturated carbocycles. The van der Waals surface area contributed by atoms with E-state index in [1.54, 1.807) is 6.92 Å². The van der Waals surface area contributed by atoms with Gasteiger partial charge in [0.1, 0.15) is 0 Å². The normalized spacial score (nSPS) is 13.0. The molecule has 21 heavy (non-hydrogen) atoms. The minimum absolute atomic E-state index is 0.00957. The molecule has 1 amide bonds. The lowest BCUT2D eigenvalue weighted by Gasteiger charge is -2.20. The predicted molar refractivity (Wildman–Crippen MR) is 76.4 cm³/mol. The quantitative estimate of drug-likeness (QED) is 0.790. The molecule has 116 valence electrons. The van der Waals surface area contributed by atoms with Crippen molar-refractivity contribution in [3.05, 3.63) is 29.8 Å². The van der Waals surface area contributed by atoms with Gasteiger partial charge in [0.25, 0.3) is 0 Å². The van der Waals surface area contributed by atoms with Crippen LogP contribution in [-0.2, 0) is 14.8 Å². The Morgan fingerprint density at radius 3 is 2.24 bits per heavy atom. The van der Waals surface area contributed by atoms with Gasteiger partial charge in [-0.15, -0.1) is 0 Å². The highest BCUT2D eigenvalue weighted by molar-refractivity contribution is 7.89. The molecule has 0 radical (unpaired) electrons. The summed E-state index contributed by atoms with van der Waals surface area (Å²) in [6, 6.07) is 4.93. The number of sulfonamides is 1. The van der Waals surface area contributed by atoms with Crippen LogP contribution >= 0.6 is 0 Å². The van der Waals surface area contributed by atoms with Crippen molar-refractivity contribution in [1.29, 1.82) is 0 Å². The smallest absolute Gasteiger partial charge is 0.335 e. The molecule has 0 aromatic heterocycles. The van der Waals surface area contributed by atoms with E-state index in [-0.39, 0.29) is 22.9 Å². The lowest BCUT2D eigenvalue weighted by Crippen LogP contribution is -2.37. The summed E-state index contributed by atoms with van der Waals surface area (Å²) in [6.45, 7) is 1.65. The van der Waals surface area contributed by atoms with Crippen molar-refractivity contribution in [1.82, 2.24) is 9.62 Å². The Kier molecular flexibility index (Phi) is 5.45. The van der Waals surface area contributed by atoms with Gasteiger partial charge >= 0.3 is 5.97 Å². The van der Waals surface area contributed by atoms with Gasteiger partial charge in [0.05, 0.1) is 10.5 Å². The van der Waals surface area contributed by atoms with Gasteiger partial charge in [-0.05, 0) is 24.3 Å². The van der Waals surface area contributed by atoms with Crippen LogP contribution in [0.2, 0.25) is 0 Å². The number of carbonyl (C=O) groups is 2. The van der Waals surface area contributed by atoms with E-state index < -0.39 is 21.9 Å². The third kappa shape index (κ3) is 4.02. The number of nitrogens with zero attached hydrogens (tertiary/aromatic N) is 1. The first-order chi connectivity index (χ1) is 9.70. The second-order valence-corrected chi connectivity index (χ2v) is 6.68. The Hall–Kier alpha value is -1.93. The summed E-state index contributed by atoms with van der Waals surface area (Å²) in [6.07, 6.45) is 0. The van der Waals surface area contributed by atoms with Crippen molar-refractivity contribution in [2.75, 3.05) is 20.6 Å². The van der Waals surface area contributed by atoms with Crippen LogP contribution in [-0.4, -0.2) is 50.3 Å². The maximum atomic E-state index is 12.3. The Bertz CT molecular complexity index is 624. The van der Waals surface area contributed by atoms with Crippen LogP contribution in [0.4, 0.5) is 0 Å². The van der Waals surface area contributed by atoms with Gasteiger partial charge in [-0.1, -0.05) is 6.92 Å². The summed E-state index contributed by atoms with van der Waals surface area (Å²) >= 11 is 0. The predicted octanol–water partition coefficient (Wildman–Crippen LogP) is 0.387. The van der Waals surface area contributed by atoms with Crippen molar-refractivity contribution in [2.45, 2.75) is 11.8 Å². The summed E-state index contributed by atoms with van der Waals surface area (Å²) in [4.78, 5) is 22.2. The Morgan fingerprint density at radius 2 is 1.81 bits per heavy atom. The zero-order valence-corrected chi connectivity index (χ0v) is 12.8. The molecule has 1 aromatic carbocycles. The molecular weight excluding hydrogens is 296 g/mol. The molecule has 0 aliphatic rings. The van der Waals surface area contributed by atoms with Gasteiger partial charge in [-0.2, -0.15) is 0 Å². The number of amides is 1. The summed E-state index contributed by atoms with van der Waals surface area (Å²) in [5.41, 5.74) is 0.00957. The van der Waals surface area contributed by atoms with Crippen LogP contribution in [0.15, 0.2) is 29.2 Å². The SMILES string of the molecule is CNC(=O)C(C)CN(C)S(=O)(=O)c1ccc(C(=O)O)cc1. The molecule has 0 bridgehead atoms. The van der Waals surface area contributed by atoms with Crippen LogP contribution in [0.1, 0.15) is 17.3 Å².